The van der Waals surface area contributed by atoms with Gasteiger partial charge in [0.25, 0.3) is 5.56 Å². The van der Waals surface area contributed by atoms with E-state index in [0.29, 0.717) is 6.08 Å². The Bertz CT molecular complexity index is 706. The van der Waals surface area contributed by atoms with Crippen LogP contribution in [0.2, 0.25) is 0 Å². The van der Waals surface area contributed by atoms with E-state index in [1.807, 2.05) is 4.98 Å². The van der Waals surface area contributed by atoms with Crippen LogP contribution in [-0.4, -0.2) is 60.9 Å². The molecule has 10 heteroatoms. The van der Waals surface area contributed by atoms with Gasteiger partial charge in [0, 0.05) is 18.5 Å². The van der Waals surface area contributed by atoms with Gasteiger partial charge in [-0.05, 0) is 0 Å². The summed E-state index contributed by atoms with van der Waals surface area (Å²) in [5.41, 5.74) is -1.91. The molecule has 0 bridgehead atoms. The lowest BCUT2D eigenvalue weighted by Gasteiger charge is -2.14. The van der Waals surface area contributed by atoms with Crippen molar-refractivity contribution in [2.24, 2.45) is 0 Å². The van der Waals surface area contributed by atoms with Crippen LogP contribution in [0.3, 0.4) is 0 Å². The smallest absolute Gasteiger partial charge is 0.332 e. The molecule has 120 valence electrons. The fourth-order valence-electron chi connectivity index (χ4n) is 2.12. The highest BCUT2D eigenvalue weighted by molar-refractivity contribution is 5.82. The van der Waals surface area contributed by atoms with Crippen LogP contribution in [0, 0.1) is 0 Å². The van der Waals surface area contributed by atoms with Gasteiger partial charge in [0.2, 0.25) is 0 Å². The normalized spacial score (nSPS) is 28.3. The van der Waals surface area contributed by atoms with E-state index in [9.17, 15) is 24.6 Å². The second-order valence-electron chi connectivity index (χ2n) is 4.66. The van der Waals surface area contributed by atoms with Crippen molar-refractivity contribution in [2.75, 3.05) is 6.61 Å². The molecule has 1 aliphatic rings. The largest absolute Gasteiger partial charge is 0.478 e. The molecule has 0 aromatic carbocycles. The molecule has 5 N–H and O–H groups in total. The average molecular weight is 314 g/mol. The van der Waals surface area contributed by atoms with E-state index >= 15 is 0 Å². The van der Waals surface area contributed by atoms with E-state index in [4.69, 9.17) is 14.9 Å². The Morgan fingerprint density at radius 3 is 2.59 bits per heavy atom. The van der Waals surface area contributed by atoms with Gasteiger partial charge >= 0.3 is 11.7 Å². The van der Waals surface area contributed by atoms with Crippen molar-refractivity contribution in [2.45, 2.75) is 24.4 Å². The number of aromatic amines is 1. The number of carbonyl (C=O) groups is 1. The van der Waals surface area contributed by atoms with Gasteiger partial charge in [0.05, 0.1) is 12.2 Å². The van der Waals surface area contributed by atoms with Crippen molar-refractivity contribution in [3.8, 4) is 0 Å². The first-order valence-corrected chi connectivity index (χ1v) is 6.24. The number of rotatable bonds is 4. The molecular formula is C12H14N2O8. The van der Waals surface area contributed by atoms with Gasteiger partial charge in [-0.3, -0.25) is 14.3 Å². The maximum absolute atomic E-state index is 11.8. The van der Waals surface area contributed by atoms with E-state index in [1.165, 1.54) is 0 Å². The molecule has 10 nitrogen and oxygen atoms in total. The molecule has 0 amide bonds. The molecule has 2 rings (SSSR count). The SMILES string of the molecule is O=C(O)C=Cn1cc(C2OC(CO)C(O)C2O)c(=O)[nH]c1=O. The molecule has 4 unspecified atom stereocenters. The van der Waals surface area contributed by atoms with Gasteiger partial charge in [-0.15, -0.1) is 0 Å². The number of aliphatic carboxylic acids is 1. The Labute approximate surface area is 122 Å². The summed E-state index contributed by atoms with van der Waals surface area (Å²) in [5.74, 6) is -1.30. The van der Waals surface area contributed by atoms with E-state index in [0.717, 1.165) is 17.0 Å². The van der Waals surface area contributed by atoms with Gasteiger partial charge in [-0.25, -0.2) is 9.59 Å². The maximum Gasteiger partial charge on any atom is 0.332 e. The zero-order valence-electron chi connectivity index (χ0n) is 11.1. The summed E-state index contributed by atoms with van der Waals surface area (Å²) < 4.78 is 5.99. The van der Waals surface area contributed by atoms with Gasteiger partial charge < -0.3 is 25.2 Å². The molecule has 0 aliphatic carbocycles. The third kappa shape index (κ3) is 2.99. The van der Waals surface area contributed by atoms with Crippen molar-refractivity contribution < 1.29 is 30.0 Å². The van der Waals surface area contributed by atoms with Gasteiger partial charge in [-0.1, -0.05) is 0 Å². The molecule has 1 fully saturated rings. The second-order valence-corrected chi connectivity index (χ2v) is 4.66. The predicted octanol–water partition coefficient (Wildman–Crippen LogP) is -2.75. The fourth-order valence-corrected chi connectivity index (χ4v) is 2.12. The number of ether oxygens (including phenoxy) is 1. The number of hydrogen-bond donors (Lipinski definition) is 5. The Morgan fingerprint density at radius 1 is 1.36 bits per heavy atom. The molecule has 1 aromatic rings. The molecule has 22 heavy (non-hydrogen) atoms. The lowest BCUT2D eigenvalue weighted by atomic mass is 10.0. The van der Waals surface area contributed by atoms with Crippen molar-refractivity contribution >= 4 is 12.2 Å². The van der Waals surface area contributed by atoms with Crippen LogP contribution in [-0.2, 0) is 9.53 Å². The highest BCUT2D eigenvalue weighted by Gasteiger charge is 2.44. The topological polar surface area (TPSA) is 162 Å². The lowest BCUT2D eigenvalue weighted by Crippen LogP contribution is -2.35. The van der Waals surface area contributed by atoms with E-state index in [2.05, 4.69) is 0 Å². The van der Waals surface area contributed by atoms with Crippen molar-refractivity contribution in [3.05, 3.63) is 38.7 Å². The quantitative estimate of drug-likeness (QED) is 0.373. The minimum absolute atomic E-state index is 0.183. The molecule has 2 heterocycles. The zero-order chi connectivity index (χ0) is 16.4. The van der Waals surface area contributed by atoms with Crippen LogP contribution in [0.25, 0.3) is 6.20 Å². The highest BCUT2D eigenvalue weighted by atomic mass is 16.6. The summed E-state index contributed by atoms with van der Waals surface area (Å²) in [5, 5.41) is 37.1. The summed E-state index contributed by atoms with van der Waals surface area (Å²) in [6, 6.07) is 0. The Kier molecular flexibility index (Phi) is 4.56. The fraction of sp³-hybridized carbons (Fsp3) is 0.417. The summed E-state index contributed by atoms with van der Waals surface area (Å²) in [6.07, 6.45) is -2.63. The molecule has 1 aromatic heterocycles. The third-order valence-electron chi connectivity index (χ3n) is 3.22. The molecule has 1 aliphatic heterocycles. The highest BCUT2D eigenvalue weighted by Crippen LogP contribution is 2.31. The summed E-state index contributed by atoms with van der Waals surface area (Å²) in [6.45, 7) is -0.564. The van der Waals surface area contributed by atoms with Crippen molar-refractivity contribution in [3.63, 3.8) is 0 Å². The number of nitrogens with zero attached hydrogens (tertiary/aromatic N) is 1. The number of aliphatic hydroxyl groups is 3. The number of H-pyrrole nitrogens is 1. The Hall–Kier alpha value is -2.27. The van der Waals surface area contributed by atoms with Crippen LogP contribution >= 0.6 is 0 Å². The van der Waals surface area contributed by atoms with Crippen molar-refractivity contribution in [1.29, 1.82) is 0 Å². The molecule has 0 spiro atoms. The maximum atomic E-state index is 11.8. The summed E-state index contributed by atoms with van der Waals surface area (Å²) in [7, 11) is 0. The first-order chi connectivity index (χ1) is 10.3. The van der Waals surface area contributed by atoms with Crippen LogP contribution in [0.15, 0.2) is 21.9 Å². The Morgan fingerprint density at radius 2 is 2.05 bits per heavy atom. The van der Waals surface area contributed by atoms with Crippen LogP contribution in [0.5, 0.6) is 0 Å². The molecule has 4 atom stereocenters. The minimum Gasteiger partial charge on any atom is -0.478 e. The van der Waals surface area contributed by atoms with Gasteiger partial charge in [0.15, 0.2) is 0 Å². The Balaban J connectivity index is 2.44. The standard InChI is InChI=1S/C12H14N2O8/c15-4-6-8(18)9(19)10(22-6)5-3-14(2-1-7(16)17)12(21)13-11(5)20/h1-3,6,8-10,15,18-19H,4H2,(H,16,17)(H,13,20,21). The van der Waals surface area contributed by atoms with Gasteiger partial charge in [-0.2, -0.15) is 0 Å². The molecule has 0 saturated carbocycles. The molecule has 1 saturated heterocycles. The van der Waals surface area contributed by atoms with Crippen LogP contribution in [0.1, 0.15) is 11.7 Å². The van der Waals surface area contributed by atoms with E-state index in [1.54, 1.807) is 0 Å². The lowest BCUT2D eigenvalue weighted by molar-refractivity contribution is -0.131. The monoisotopic (exact) mass is 314 g/mol. The van der Waals surface area contributed by atoms with Gasteiger partial charge in [0.1, 0.15) is 24.4 Å². The summed E-state index contributed by atoms with van der Waals surface area (Å²) >= 11 is 0. The molecular weight excluding hydrogens is 300 g/mol. The van der Waals surface area contributed by atoms with Crippen LogP contribution in [0.4, 0.5) is 0 Å². The average Bonchev–Trinajstić information content (AvgIpc) is 2.74. The number of aromatic nitrogens is 2. The first kappa shape index (κ1) is 16.1. The van der Waals surface area contributed by atoms with Crippen LogP contribution < -0.4 is 11.2 Å². The number of hydrogen-bond acceptors (Lipinski definition) is 7. The number of nitrogens with one attached hydrogen (secondary N) is 1. The summed E-state index contributed by atoms with van der Waals surface area (Å²) in [4.78, 5) is 35.8. The number of carboxylic acid groups (broad SMARTS) is 1. The molecule has 0 radical (unpaired) electrons. The third-order valence-corrected chi connectivity index (χ3v) is 3.22. The minimum atomic E-state index is -1.48. The first-order valence-electron chi connectivity index (χ1n) is 6.24. The van der Waals surface area contributed by atoms with E-state index in [-0.39, 0.29) is 5.56 Å². The second kappa shape index (κ2) is 6.23. The van der Waals surface area contributed by atoms with Crippen molar-refractivity contribution in [1.82, 2.24) is 9.55 Å². The zero-order valence-corrected chi connectivity index (χ0v) is 11.1. The van der Waals surface area contributed by atoms with E-state index < -0.39 is 48.2 Å². The number of aliphatic hydroxyl groups excluding tert-OH is 3. The predicted molar refractivity (Wildman–Crippen MR) is 71.0 cm³/mol. The number of carboxylic acids is 1.